The summed E-state index contributed by atoms with van der Waals surface area (Å²) in [6.07, 6.45) is 1.60. The first-order valence-corrected chi connectivity index (χ1v) is 9.41. The molecule has 1 aliphatic heterocycles. The zero-order valence-electron chi connectivity index (χ0n) is 15.7. The van der Waals surface area contributed by atoms with Crippen LogP contribution in [0.2, 0.25) is 0 Å². The second-order valence-electron chi connectivity index (χ2n) is 7.01. The Morgan fingerprint density at radius 3 is 2.93 bits per heavy atom. The van der Waals surface area contributed by atoms with Crippen molar-refractivity contribution in [2.45, 2.75) is 19.5 Å². The van der Waals surface area contributed by atoms with E-state index in [9.17, 15) is 0 Å². The number of hydrogen-bond acceptors (Lipinski definition) is 6. The SMILES string of the molecule is Cc1ccc2oc(N3CCOC[C@H]3c3ncnn3Cc3ccccc3)nc2c1. The minimum atomic E-state index is -0.103. The van der Waals surface area contributed by atoms with Gasteiger partial charge in [-0.3, -0.25) is 0 Å². The molecule has 28 heavy (non-hydrogen) atoms. The van der Waals surface area contributed by atoms with Gasteiger partial charge in [-0.25, -0.2) is 9.67 Å². The molecule has 1 atom stereocenters. The number of hydrogen-bond donors (Lipinski definition) is 0. The molecule has 1 saturated heterocycles. The molecule has 3 heterocycles. The van der Waals surface area contributed by atoms with Crippen LogP contribution in [-0.4, -0.2) is 39.5 Å². The third-order valence-electron chi connectivity index (χ3n) is 5.02. The van der Waals surface area contributed by atoms with Crippen molar-refractivity contribution in [3.05, 3.63) is 71.8 Å². The Labute approximate surface area is 162 Å². The molecule has 0 bridgehead atoms. The number of ether oxygens (including phenoxy) is 1. The molecule has 1 aliphatic rings. The molecule has 0 saturated carbocycles. The highest BCUT2D eigenvalue weighted by molar-refractivity contribution is 5.75. The quantitative estimate of drug-likeness (QED) is 0.545. The Bertz CT molecular complexity index is 1090. The fourth-order valence-electron chi connectivity index (χ4n) is 3.60. The normalized spacial score (nSPS) is 17.3. The number of nitrogens with zero attached hydrogens (tertiary/aromatic N) is 5. The van der Waals surface area contributed by atoms with Gasteiger partial charge in [-0.2, -0.15) is 10.1 Å². The lowest BCUT2D eigenvalue weighted by Gasteiger charge is -2.33. The summed E-state index contributed by atoms with van der Waals surface area (Å²) in [5.74, 6) is 0.849. The fraction of sp³-hybridized carbons (Fsp3) is 0.286. The molecule has 0 N–H and O–H groups in total. The van der Waals surface area contributed by atoms with Gasteiger partial charge >= 0.3 is 0 Å². The Hall–Kier alpha value is -3.19. The number of benzene rings is 2. The van der Waals surface area contributed by atoms with Gasteiger partial charge in [0.05, 0.1) is 19.8 Å². The van der Waals surface area contributed by atoms with Crippen molar-refractivity contribution in [3.63, 3.8) is 0 Å². The van der Waals surface area contributed by atoms with Crippen LogP contribution in [0, 0.1) is 6.92 Å². The molecule has 1 fully saturated rings. The van der Waals surface area contributed by atoms with Gasteiger partial charge in [0, 0.05) is 6.54 Å². The lowest BCUT2D eigenvalue weighted by Crippen LogP contribution is -2.41. The van der Waals surface area contributed by atoms with Crippen LogP contribution in [0.1, 0.15) is 23.0 Å². The van der Waals surface area contributed by atoms with Gasteiger partial charge in [0.15, 0.2) is 11.4 Å². The van der Waals surface area contributed by atoms with E-state index in [0.29, 0.717) is 32.3 Å². The predicted octanol–water partition coefficient (Wildman–Crippen LogP) is 3.35. The molecule has 0 amide bonds. The van der Waals surface area contributed by atoms with E-state index in [2.05, 4.69) is 34.0 Å². The standard InChI is InChI=1S/C21H21N5O2/c1-15-7-8-19-17(11-15)24-21(28-19)25-9-10-27-13-18(25)20-22-14-23-26(20)12-16-5-3-2-4-6-16/h2-8,11,14,18H,9-10,12-13H2,1H3/t18-/m0/s1. The average molecular weight is 375 g/mol. The Kier molecular flexibility index (Phi) is 4.29. The van der Waals surface area contributed by atoms with E-state index < -0.39 is 0 Å². The molecule has 2 aromatic heterocycles. The number of morpholine rings is 1. The van der Waals surface area contributed by atoms with Crippen molar-refractivity contribution in [1.29, 1.82) is 0 Å². The smallest absolute Gasteiger partial charge is 0.299 e. The van der Waals surface area contributed by atoms with Gasteiger partial charge in [0.2, 0.25) is 0 Å². The summed E-state index contributed by atoms with van der Waals surface area (Å²) in [5.41, 5.74) is 3.99. The summed E-state index contributed by atoms with van der Waals surface area (Å²) >= 11 is 0. The molecule has 7 nitrogen and oxygen atoms in total. The fourth-order valence-corrected chi connectivity index (χ4v) is 3.60. The first kappa shape index (κ1) is 16.9. The van der Waals surface area contributed by atoms with Crippen LogP contribution in [0.25, 0.3) is 11.1 Å². The average Bonchev–Trinajstić information content (AvgIpc) is 3.35. The van der Waals surface area contributed by atoms with Crippen LogP contribution in [0.15, 0.2) is 59.3 Å². The number of aromatic nitrogens is 4. The lowest BCUT2D eigenvalue weighted by atomic mass is 10.2. The number of oxazole rings is 1. The first-order chi connectivity index (χ1) is 13.8. The van der Waals surface area contributed by atoms with E-state index in [4.69, 9.17) is 14.1 Å². The maximum Gasteiger partial charge on any atom is 0.299 e. The van der Waals surface area contributed by atoms with E-state index in [-0.39, 0.29) is 6.04 Å². The Morgan fingerprint density at radius 1 is 1.14 bits per heavy atom. The summed E-state index contributed by atoms with van der Waals surface area (Å²) in [6.45, 7) is 4.55. The second kappa shape index (κ2) is 7.09. The maximum atomic E-state index is 6.05. The highest BCUT2D eigenvalue weighted by atomic mass is 16.5. The number of rotatable bonds is 4. The summed E-state index contributed by atoms with van der Waals surface area (Å²) in [4.78, 5) is 11.4. The van der Waals surface area contributed by atoms with E-state index in [1.54, 1.807) is 6.33 Å². The molecule has 142 valence electrons. The molecule has 7 heteroatoms. The molecule has 5 rings (SSSR count). The number of fused-ring (bicyclic) bond motifs is 1. The van der Waals surface area contributed by atoms with Crippen molar-refractivity contribution >= 4 is 17.1 Å². The van der Waals surface area contributed by atoms with Crippen LogP contribution in [0.5, 0.6) is 0 Å². The third-order valence-corrected chi connectivity index (χ3v) is 5.02. The molecular weight excluding hydrogens is 354 g/mol. The molecule has 0 radical (unpaired) electrons. The molecule has 0 spiro atoms. The number of aryl methyl sites for hydroxylation is 1. The second-order valence-corrected chi connectivity index (χ2v) is 7.01. The van der Waals surface area contributed by atoms with Crippen LogP contribution < -0.4 is 4.90 Å². The van der Waals surface area contributed by atoms with E-state index in [0.717, 1.165) is 22.5 Å². The van der Waals surface area contributed by atoms with E-state index in [1.165, 1.54) is 5.56 Å². The topological polar surface area (TPSA) is 69.2 Å². The largest absolute Gasteiger partial charge is 0.423 e. The molecule has 2 aromatic carbocycles. The van der Waals surface area contributed by atoms with Gasteiger partial charge in [0.25, 0.3) is 6.01 Å². The van der Waals surface area contributed by atoms with Crippen molar-refractivity contribution in [1.82, 2.24) is 19.7 Å². The minimum Gasteiger partial charge on any atom is -0.423 e. The van der Waals surface area contributed by atoms with Crippen molar-refractivity contribution in [2.75, 3.05) is 24.7 Å². The third kappa shape index (κ3) is 3.14. The van der Waals surface area contributed by atoms with Crippen LogP contribution >= 0.6 is 0 Å². The van der Waals surface area contributed by atoms with Crippen LogP contribution in [-0.2, 0) is 11.3 Å². The molecule has 4 aromatic rings. The van der Waals surface area contributed by atoms with Crippen molar-refractivity contribution in [2.24, 2.45) is 0 Å². The maximum absolute atomic E-state index is 6.05. The molecule has 0 aliphatic carbocycles. The van der Waals surface area contributed by atoms with Gasteiger partial charge < -0.3 is 14.1 Å². The highest BCUT2D eigenvalue weighted by Gasteiger charge is 2.32. The Balaban J connectivity index is 1.49. The summed E-state index contributed by atoms with van der Waals surface area (Å²) in [7, 11) is 0. The monoisotopic (exact) mass is 375 g/mol. The van der Waals surface area contributed by atoms with E-state index in [1.807, 2.05) is 41.1 Å². The zero-order valence-corrected chi connectivity index (χ0v) is 15.7. The summed E-state index contributed by atoms with van der Waals surface area (Å²) in [5, 5.41) is 4.44. The summed E-state index contributed by atoms with van der Waals surface area (Å²) in [6, 6.07) is 16.8. The molecule has 0 unspecified atom stereocenters. The predicted molar refractivity (Wildman–Crippen MR) is 105 cm³/mol. The van der Waals surface area contributed by atoms with Crippen LogP contribution in [0.3, 0.4) is 0 Å². The van der Waals surface area contributed by atoms with Crippen LogP contribution in [0.4, 0.5) is 6.01 Å². The first-order valence-electron chi connectivity index (χ1n) is 9.41. The molecular formula is C21H21N5O2. The lowest BCUT2D eigenvalue weighted by molar-refractivity contribution is 0.0877. The minimum absolute atomic E-state index is 0.103. The van der Waals surface area contributed by atoms with Gasteiger partial charge in [-0.15, -0.1) is 0 Å². The van der Waals surface area contributed by atoms with E-state index >= 15 is 0 Å². The highest BCUT2D eigenvalue weighted by Crippen LogP contribution is 2.31. The zero-order chi connectivity index (χ0) is 18.9. The van der Waals surface area contributed by atoms with Gasteiger partial charge in [-0.1, -0.05) is 36.4 Å². The van der Waals surface area contributed by atoms with Crippen molar-refractivity contribution < 1.29 is 9.15 Å². The van der Waals surface area contributed by atoms with Gasteiger partial charge in [0.1, 0.15) is 17.9 Å². The summed E-state index contributed by atoms with van der Waals surface area (Å²) < 4.78 is 13.7. The Morgan fingerprint density at radius 2 is 2.04 bits per heavy atom. The number of anilines is 1. The van der Waals surface area contributed by atoms with Gasteiger partial charge in [-0.05, 0) is 30.2 Å². The van der Waals surface area contributed by atoms with Crippen molar-refractivity contribution in [3.8, 4) is 0 Å².